The van der Waals surface area contributed by atoms with Crippen molar-refractivity contribution in [2.45, 2.75) is 43.9 Å². The van der Waals surface area contributed by atoms with Crippen LogP contribution in [0.5, 0.6) is 0 Å². The third-order valence-electron chi connectivity index (χ3n) is 4.46. The van der Waals surface area contributed by atoms with Crippen molar-refractivity contribution in [1.29, 1.82) is 0 Å². The molecule has 2 aliphatic rings. The van der Waals surface area contributed by atoms with Gasteiger partial charge in [0, 0.05) is 19.1 Å². The van der Waals surface area contributed by atoms with Gasteiger partial charge in [0.1, 0.15) is 12.1 Å². The van der Waals surface area contributed by atoms with E-state index in [1.165, 1.54) is 0 Å². The minimum Gasteiger partial charge on any atom is -0.393 e. The predicted molar refractivity (Wildman–Crippen MR) is 70.8 cm³/mol. The highest BCUT2D eigenvalue weighted by Gasteiger charge is 2.41. The van der Waals surface area contributed by atoms with Crippen molar-refractivity contribution in [3.63, 3.8) is 0 Å². The summed E-state index contributed by atoms with van der Waals surface area (Å²) < 4.78 is 1.78. The molecule has 4 heterocycles. The maximum absolute atomic E-state index is 9.90. The number of aryl methyl sites for hydroxylation is 1. The van der Waals surface area contributed by atoms with Crippen LogP contribution < -0.4 is 4.90 Å². The molecule has 0 amide bonds. The summed E-state index contributed by atoms with van der Waals surface area (Å²) in [5.41, 5.74) is 0.871. The standard InChI is InChI=1S/C13H17N5O/c1-17-12-11(6-16-17)13(15-7-14-12)18-8-2-3-9(18)5-10(19)4-8/h6-10,19H,2-5H2,1H3. The van der Waals surface area contributed by atoms with E-state index in [1.807, 2.05) is 13.2 Å². The fourth-order valence-electron chi connectivity index (χ4n) is 3.65. The molecule has 2 aromatic rings. The second kappa shape index (κ2) is 3.90. The summed E-state index contributed by atoms with van der Waals surface area (Å²) in [6, 6.07) is 0.819. The summed E-state index contributed by atoms with van der Waals surface area (Å²) in [6.07, 6.45) is 7.30. The van der Waals surface area contributed by atoms with Crippen LogP contribution in [0.15, 0.2) is 12.5 Å². The zero-order valence-electron chi connectivity index (χ0n) is 10.9. The van der Waals surface area contributed by atoms with E-state index in [-0.39, 0.29) is 6.10 Å². The van der Waals surface area contributed by atoms with Crippen molar-refractivity contribution >= 4 is 16.9 Å². The number of fused-ring (bicyclic) bond motifs is 3. The number of piperidine rings is 1. The highest BCUT2D eigenvalue weighted by Crippen LogP contribution is 2.40. The quantitative estimate of drug-likeness (QED) is 0.822. The Bertz CT molecular complexity index is 611. The molecule has 2 unspecified atom stereocenters. The van der Waals surface area contributed by atoms with Crippen LogP contribution in [-0.2, 0) is 7.05 Å². The molecule has 0 aromatic carbocycles. The Morgan fingerprint density at radius 1 is 1.21 bits per heavy atom. The van der Waals surface area contributed by atoms with Crippen molar-refractivity contribution in [2.24, 2.45) is 7.05 Å². The van der Waals surface area contributed by atoms with Gasteiger partial charge >= 0.3 is 0 Å². The first-order valence-electron chi connectivity index (χ1n) is 6.83. The van der Waals surface area contributed by atoms with Crippen molar-refractivity contribution in [2.75, 3.05) is 4.90 Å². The average molecular weight is 259 g/mol. The molecule has 19 heavy (non-hydrogen) atoms. The fourth-order valence-corrected chi connectivity index (χ4v) is 3.65. The van der Waals surface area contributed by atoms with Crippen LogP contribution in [0, 0.1) is 0 Å². The number of hydrogen-bond donors (Lipinski definition) is 1. The molecule has 100 valence electrons. The van der Waals surface area contributed by atoms with Gasteiger partial charge in [0.2, 0.25) is 0 Å². The topological polar surface area (TPSA) is 67.1 Å². The van der Waals surface area contributed by atoms with Crippen LogP contribution in [0.25, 0.3) is 11.0 Å². The fraction of sp³-hybridized carbons (Fsp3) is 0.615. The van der Waals surface area contributed by atoms with E-state index >= 15 is 0 Å². The van der Waals surface area contributed by atoms with E-state index < -0.39 is 0 Å². The Hall–Kier alpha value is -1.69. The molecule has 4 rings (SSSR count). The van der Waals surface area contributed by atoms with Gasteiger partial charge in [-0.2, -0.15) is 5.10 Å². The molecular formula is C13H17N5O. The number of aliphatic hydroxyl groups is 1. The summed E-state index contributed by atoms with van der Waals surface area (Å²) in [7, 11) is 1.90. The van der Waals surface area contributed by atoms with Gasteiger partial charge in [-0.15, -0.1) is 0 Å². The highest BCUT2D eigenvalue weighted by atomic mass is 16.3. The second-order valence-corrected chi connectivity index (χ2v) is 5.62. The van der Waals surface area contributed by atoms with E-state index in [9.17, 15) is 5.11 Å². The Morgan fingerprint density at radius 3 is 2.68 bits per heavy atom. The molecule has 0 saturated carbocycles. The van der Waals surface area contributed by atoms with Crippen LogP contribution in [0.4, 0.5) is 5.82 Å². The molecule has 2 bridgehead atoms. The smallest absolute Gasteiger partial charge is 0.163 e. The monoisotopic (exact) mass is 259 g/mol. The molecule has 2 saturated heterocycles. The maximum atomic E-state index is 9.90. The lowest BCUT2D eigenvalue weighted by molar-refractivity contribution is 0.126. The number of aromatic nitrogens is 4. The first-order chi connectivity index (χ1) is 9.24. The number of rotatable bonds is 1. The zero-order valence-corrected chi connectivity index (χ0v) is 10.9. The Kier molecular flexibility index (Phi) is 2.29. The van der Waals surface area contributed by atoms with E-state index in [2.05, 4.69) is 20.0 Å². The number of anilines is 1. The summed E-state index contributed by atoms with van der Waals surface area (Å²) in [4.78, 5) is 11.2. The van der Waals surface area contributed by atoms with Gasteiger partial charge in [-0.1, -0.05) is 0 Å². The summed E-state index contributed by atoms with van der Waals surface area (Å²) in [6.45, 7) is 0. The lowest BCUT2D eigenvalue weighted by Crippen LogP contribution is -2.45. The molecule has 6 heteroatoms. The molecule has 2 atom stereocenters. The number of hydrogen-bond acceptors (Lipinski definition) is 5. The molecule has 6 nitrogen and oxygen atoms in total. The summed E-state index contributed by atoms with van der Waals surface area (Å²) in [5.74, 6) is 0.984. The Morgan fingerprint density at radius 2 is 1.95 bits per heavy atom. The molecule has 2 aromatic heterocycles. The summed E-state index contributed by atoms with van der Waals surface area (Å²) in [5, 5.41) is 15.2. The minimum absolute atomic E-state index is 0.153. The molecule has 0 aliphatic carbocycles. The zero-order chi connectivity index (χ0) is 13.0. The number of nitrogens with zero attached hydrogens (tertiary/aromatic N) is 5. The van der Waals surface area contributed by atoms with E-state index in [1.54, 1.807) is 11.0 Å². The van der Waals surface area contributed by atoms with E-state index in [4.69, 9.17) is 0 Å². The van der Waals surface area contributed by atoms with Gasteiger partial charge in [0.15, 0.2) is 5.65 Å². The van der Waals surface area contributed by atoms with Gasteiger partial charge in [0.05, 0.1) is 17.7 Å². The predicted octanol–water partition coefficient (Wildman–Crippen LogP) is 0.855. The van der Waals surface area contributed by atoms with Gasteiger partial charge < -0.3 is 10.0 Å². The van der Waals surface area contributed by atoms with Crippen molar-refractivity contribution in [1.82, 2.24) is 19.7 Å². The van der Waals surface area contributed by atoms with Crippen LogP contribution >= 0.6 is 0 Å². The van der Waals surface area contributed by atoms with Gasteiger partial charge in [0.25, 0.3) is 0 Å². The normalized spacial score (nSPS) is 30.2. The molecule has 2 fully saturated rings. The molecule has 0 spiro atoms. The maximum Gasteiger partial charge on any atom is 0.163 e. The second-order valence-electron chi connectivity index (χ2n) is 5.62. The van der Waals surface area contributed by atoms with Gasteiger partial charge in [-0.25, -0.2) is 9.97 Å². The lowest BCUT2D eigenvalue weighted by atomic mass is 10.00. The van der Waals surface area contributed by atoms with Crippen LogP contribution in [-0.4, -0.2) is 43.0 Å². The third-order valence-corrected chi connectivity index (χ3v) is 4.46. The molecular weight excluding hydrogens is 242 g/mol. The first kappa shape index (κ1) is 11.2. The first-order valence-corrected chi connectivity index (χ1v) is 6.83. The largest absolute Gasteiger partial charge is 0.393 e. The van der Waals surface area contributed by atoms with Crippen LogP contribution in [0.1, 0.15) is 25.7 Å². The van der Waals surface area contributed by atoms with E-state index in [0.717, 1.165) is 42.5 Å². The van der Waals surface area contributed by atoms with Crippen LogP contribution in [0.2, 0.25) is 0 Å². The summed E-state index contributed by atoms with van der Waals surface area (Å²) >= 11 is 0. The third kappa shape index (κ3) is 1.56. The highest BCUT2D eigenvalue weighted by molar-refractivity contribution is 5.87. The Labute approximate surface area is 111 Å². The van der Waals surface area contributed by atoms with Crippen molar-refractivity contribution in [3.05, 3.63) is 12.5 Å². The van der Waals surface area contributed by atoms with E-state index in [0.29, 0.717) is 12.1 Å². The van der Waals surface area contributed by atoms with Gasteiger partial charge in [-0.3, -0.25) is 4.68 Å². The SMILES string of the molecule is Cn1ncc2c(N3C4CCC3CC(O)C4)ncnc21. The Balaban J connectivity index is 1.83. The van der Waals surface area contributed by atoms with Crippen LogP contribution in [0.3, 0.4) is 0 Å². The minimum atomic E-state index is -0.153. The molecule has 0 radical (unpaired) electrons. The number of aliphatic hydroxyl groups excluding tert-OH is 1. The lowest BCUT2D eigenvalue weighted by Gasteiger charge is -2.38. The van der Waals surface area contributed by atoms with Crippen molar-refractivity contribution < 1.29 is 5.11 Å². The van der Waals surface area contributed by atoms with Gasteiger partial charge in [-0.05, 0) is 25.7 Å². The molecule has 1 N–H and O–H groups in total. The average Bonchev–Trinajstić information content (AvgIpc) is 2.89. The van der Waals surface area contributed by atoms with Crippen molar-refractivity contribution in [3.8, 4) is 0 Å². The molecule has 2 aliphatic heterocycles.